The monoisotopic (exact) mass is 320 g/mol. The fourth-order valence-corrected chi connectivity index (χ4v) is 2.96. The van der Waals surface area contributed by atoms with Crippen molar-refractivity contribution < 1.29 is 9.53 Å². The number of aryl methyl sites for hydroxylation is 1. The summed E-state index contributed by atoms with van der Waals surface area (Å²) >= 11 is 0. The molecule has 0 radical (unpaired) electrons. The van der Waals surface area contributed by atoms with Crippen LogP contribution in [0.25, 0.3) is 0 Å². The minimum atomic E-state index is -0.113. The zero-order valence-electron chi connectivity index (χ0n) is 15.6. The molecule has 0 heterocycles. The molecule has 0 aromatic heterocycles. The highest BCUT2D eigenvalue weighted by Crippen LogP contribution is 2.34. The van der Waals surface area contributed by atoms with E-state index in [0.717, 1.165) is 6.42 Å². The van der Waals surface area contributed by atoms with E-state index >= 15 is 0 Å². The first kappa shape index (κ1) is 21.7. The summed E-state index contributed by atoms with van der Waals surface area (Å²) in [6.07, 6.45) is 1.19. The fourth-order valence-electron chi connectivity index (χ4n) is 2.96. The number of hydrogen-bond acceptors (Lipinski definition) is 2. The molecule has 0 aliphatic rings. The van der Waals surface area contributed by atoms with Crippen LogP contribution in [0.1, 0.15) is 84.6 Å². The lowest BCUT2D eigenvalue weighted by Gasteiger charge is -2.30. The van der Waals surface area contributed by atoms with Crippen molar-refractivity contribution in [3.8, 4) is 0 Å². The standard InChI is InChI=1S/C20H32O2.CH4/c1-9-22-18(21)11-10-15-12-16(19(3,4)5)14(2)17(13-15)20(6,7)8;/h12-13H,9-11H2,1-8H3;1H4. The van der Waals surface area contributed by atoms with Gasteiger partial charge in [0.15, 0.2) is 0 Å². The van der Waals surface area contributed by atoms with Crippen molar-refractivity contribution in [2.75, 3.05) is 6.61 Å². The summed E-state index contributed by atoms with van der Waals surface area (Å²) in [5.74, 6) is -0.113. The third-order valence-electron chi connectivity index (χ3n) is 4.01. The fraction of sp³-hybridized carbons (Fsp3) is 0.667. The van der Waals surface area contributed by atoms with Crippen molar-refractivity contribution >= 4 is 5.97 Å². The van der Waals surface area contributed by atoms with Crippen molar-refractivity contribution in [3.05, 3.63) is 34.4 Å². The normalized spacial score (nSPS) is 11.8. The van der Waals surface area contributed by atoms with E-state index in [4.69, 9.17) is 4.74 Å². The minimum absolute atomic E-state index is 0. The van der Waals surface area contributed by atoms with Crippen molar-refractivity contribution in [1.82, 2.24) is 0 Å². The van der Waals surface area contributed by atoms with E-state index in [0.29, 0.717) is 13.0 Å². The van der Waals surface area contributed by atoms with E-state index in [1.165, 1.54) is 22.3 Å². The third kappa shape index (κ3) is 6.01. The highest BCUT2D eigenvalue weighted by atomic mass is 16.5. The van der Waals surface area contributed by atoms with E-state index in [1.807, 2.05) is 6.92 Å². The predicted octanol–water partition coefficient (Wildman–Crippen LogP) is 5.72. The van der Waals surface area contributed by atoms with Gasteiger partial charge in [0.25, 0.3) is 0 Å². The Labute approximate surface area is 143 Å². The molecule has 0 saturated heterocycles. The Kier molecular flexibility index (Phi) is 7.53. The van der Waals surface area contributed by atoms with Gasteiger partial charge in [-0.05, 0) is 53.4 Å². The topological polar surface area (TPSA) is 26.3 Å². The number of rotatable bonds is 4. The van der Waals surface area contributed by atoms with Crippen LogP contribution in [0.4, 0.5) is 0 Å². The molecule has 0 atom stereocenters. The first-order chi connectivity index (χ1) is 9.96. The van der Waals surface area contributed by atoms with Gasteiger partial charge in [-0.1, -0.05) is 61.1 Å². The maximum Gasteiger partial charge on any atom is 0.306 e. The van der Waals surface area contributed by atoms with Gasteiger partial charge >= 0.3 is 5.97 Å². The zero-order valence-corrected chi connectivity index (χ0v) is 15.6. The molecule has 132 valence electrons. The summed E-state index contributed by atoms with van der Waals surface area (Å²) in [4.78, 5) is 11.6. The van der Waals surface area contributed by atoms with Crippen LogP contribution in [0.15, 0.2) is 12.1 Å². The van der Waals surface area contributed by atoms with Crippen LogP contribution in [-0.2, 0) is 26.8 Å². The van der Waals surface area contributed by atoms with E-state index in [2.05, 4.69) is 60.6 Å². The minimum Gasteiger partial charge on any atom is -0.466 e. The van der Waals surface area contributed by atoms with E-state index < -0.39 is 0 Å². The molecule has 1 aromatic carbocycles. The number of carbonyl (C=O) groups excluding carboxylic acids is 1. The summed E-state index contributed by atoms with van der Waals surface area (Å²) in [6.45, 7) is 18.0. The van der Waals surface area contributed by atoms with Gasteiger partial charge in [0.1, 0.15) is 0 Å². The van der Waals surface area contributed by atoms with E-state index in [9.17, 15) is 4.79 Å². The van der Waals surface area contributed by atoms with Crippen LogP contribution in [0.5, 0.6) is 0 Å². The quantitative estimate of drug-likeness (QED) is 0.663. The first-order valence-electron chi connectivity index (χ1n) is 8.27. The average Bonchev–Trinajstić information content (AvgIpc) is 2.35. The molecule has 2 nitrogen and oxygen atoms in total. The molecule has 1 rings (SSSR count). The smallest absolute Gasteiger partial charge is 0.306 e. The van der Waals surface area contributed by atoms with Gasteiger partial charge in [0.2, 0.25) is 0 Å². The molecule has 0 aliphatic carbocycles. The first-order valence-corrected chi connectivity index (χ1v) is 8.27. The summed E-state index contributed by atoms with van der Waals surface area (Å²) in [6, 6.07) is 4.54. The molecule has 0 unspecified atom stereocenters. The Hall–Kier alpha value is -1.31. The molecule has 0 fully saturated rings. The number of esters is 1. The molecule has 0 amide bonds. The van der Waals surface area contributed by atoms with Gasteiger partial charge in [0.05, 0.1) is 6.61 Å². The summed E-state index contributed by atoms with van der Waals surface area (Å²) in [5.41, 5.74) is 5.56. The number of benzene rings is 1. The molecule has 1 aromatic rings. The second kappa shape index (κ2) is 7.99. The van der Waals surface area contributed by atoms with Crippen molar-refractivity contribution in [1.29, 1.82) is 0 Å². The zero-order chi connectivity index (χ0) is 17.1. The Bertz CT molecular complexity index is 493. The second-order valence-corrected chi connectivity index (χ2v) is 8.12. The van der Waals surface area contributed by atoms with Gasteiger partial charge < -0.3 is 4.74 Å². The SMILES string of the molecule is C.CCOC(=O)CCc1cc(C(C)(C)C)c(C)c(C(C)(C)C)c1. The van der Waals surface area contributed by atoms with Crippen molar-refractivity contribution in [2.45, 2.75) is 86.5 Å². The number of hydrogen-bond donors (Lipinski definition) is 0. The molecule has 23 heavy (non-hydrogen) atoms. The maximum absolute atomic E-state index is 11.6. The molecular formula is C21H36O2. The van der Waals surface area contributed by atoms with Gasteiger partial charge in [-0.2, -0.15) is 0 Å². The van der Waals surface area contributed by atoms with E-state index in [1.54, 1.807) is 0 Å². The number of ether oxygens (including phenoxy) is 1. The maximum atomic E-state index is 11.6. The molecule has 0 N–H and O–H groups in total. The van der Waals surface area contributed by atoms with Crippen LogP contribution in [0.2, 0.25) is 0 Å². The Morgan fingerprint density at radius 3 is 1.78 bits per heavy atom. The molecule has 0 bridgehead atoms. The lowest BCUT2D eigenvalue weighted by Crippen LogP contribution is -2.20. The second-order valence-electron chi connectivity index (χ2n) is 8.12. The molecule has 0 spiro atoms. The lowest BCUT2D eigenvalue weighted by molar-refractivity contribution is -0.143. The average molecular weight is 321 g/mol. The molecule has 0 aliphatic heterocycles. The van der Waals surface area contributed by atoms with Crippen LogP contribution in [0.3, 0.4) is 0 Å². The highest BCUT2D eigenvalue weighted by molar-refractivity contribution is 5.69. The van der Waals surface area contributed by atoms with Gasteiger partial charge in [0, 0.05) is 6.42 Å². The van der Waals surface area contributed by atoms with Gasteiger partial charge in [-0.3, -0.25) is 4.79 Å². The molecular weight excluding hydrogens is 284 g/mol. The predicted molar refractivity (Wildman–Crippen MR) is 100 cm³/mol. The largest absolute Gasteiger partial charge is 0.466 e. The highest BCUT2D eigenvalue weighted by Gasteiger charge is 2.24. The van der Waals surface area contributed by atoms with Crippen LogP contribution < -0.4 is 0 Å². The molecule has 0 saturated carbocycles. The van der Waals surface area contributed by atoms with Gasteiger partial charge in [-0.25, -0.2) is 0 Å². The lowest BCUT2D eigenvalue weighted by atomic mass is 9.75. The van der Waals surface area contributed by atoms with Crippen molar-refractivity contribution in [2.24, 2.45) is 0 Å². The van der Waals surface area contributed by atoms with Crippen LogP contribution in [-0.4, -0.2) is 12.6 Å². The van der Waals surface area contributed by atoms with Crippen LogP contribution in [0, 0.1) is 6.92 Å². The number of carbonyl (C=O) groups is 1. The Balaban J connectivity index is 0.00000484. The summed E-state index contributed by atoms with van der Waals surface area (Å²) in [7, 11) is 0. The van der Waals surface area contributed by atoms with Gasteiger partial charge in [-0.15, -0.1) is 0 Å². The van der Waals surface area contributed by atoms with Crippen molar-refractivity contribution in [3.63, 3.8) is 0 Å². The van der Waals surface area contributed by atoms with E-state index in [-0.39, 0.29) is 24.2 Å². The summed E-state index contributed by atoms with van der Waals surface area (Å²) in [5, 5.41) is 0. The summed E-state index contributed by atoms with van der Waals surface area (Å²) < 4.78 is 5.04. The molecule has 2 heteroatoms. The third-order valence-corrected chi connectivity index (χ3v) is 4.01. The Morgan fingerprint density at radius 1 is 1.00 bits per heavy atom. The van der Waals surface area contributed by atoms with Crippen LogP contribution >= 0.6 is 0 Å². The Morgan fingerprint density at radius 2 is 1.43 bits per heavy atom.